The Morgan fingerprint density at radius 3 is 2.66 bits per heavy atom. The van der Waals surface area contributed by atoms with Gasteiger partial charge in [0.1, 0.15) is 5.75 Å². The SMILES string of the molecule is COc1cc2c(cc1Cl)CCN(C)[C@H]1CCc3c(CNCc4ccccc4)cccc3[C@H]21. The highest BCUT2D eigenvalue weighted by Crippen LogP contribution is 2.45. The number of methoxy groups -OCH3 is 1. The lowest BCUT2D eigenvalue weighted by Gasteiger charge is -2.39. The molecule has 166 valence electrons. The van der Waals surface area contributed by atoms with E-state index in [2.05, 4.69) is 77.9 Å². The highest BCUT2D eigenvalue weighted by molar-refractivity contribution is 6.32. The third-order valence-electron chi connectivity index (χ3n) is 7.26. The summed E-state index contributed by atoms with van der Waals surface area (Å²) in [6.45, 7) is 2.84. The molecule has 1 heterocycles. The lowest BCUT2D eigenvalue weighted by atomic mass is 9.73. The molecule has 0 spiro atoms. The van der Waals surface area contributed by atoms with Gasteiger partial charge < -0.3 is 15.0 Å². The van der Waals surface area contributed by atoms with Crippen LogP contribution in [0, 0.1) is 0 Å². The highest BCUT2D eigenvalue weighted by Gasteiger charge is 2.37. The molecule has 0 saturated carbocycles. The summed E-state index contributed by atoms with van der Waals surface area (Å²) in [6, 6.07) is 22.3. The normalized spacial score (nSPS) is 20.1. The third kappa shape index (κ3) is 4.05. The van der Waals surface area contributed by atoms with Crippen LogP contribution in [0.3, 0.4) is 0 Å². The van der Waals surface area contributed by atoms with Crippen LogP contribution in [0.4, 0.5) is 0 Å². The molecule has 0 radical (unpaired) electrons. The summed E-state index contributed by atoms with van der Waals surface area (Å²) >= 11 is 6.51. The molecule has 0 bridgehead atoms. The number of nitrogens with one attached hydrogen (secondary N) is 1. The first-order valence-electron chi connectivity index (χ1n) is 11.6. The zero-order valence-corrected chi connectivity index (χ0v) is 19.7. The Bertz CT molecular complexity index is 1100. The van der Waals surface area contributed by atoms with E-state index in [0.717, 1.165) is 38.2 Å². The predicted molar refractivity (Wildman–Crippen MR) is 132 cm³/mol. The summed E-state index contributed by atoms with van der Waals surface area (Å²) in [5.74, 6) is 1.13. The Hall–Kier alpha value is -2.33. The van der Waals surface area contributed by atoms with Crippen LogP contribution < -0.4 is 10.1 Å². The first-order valence-corrected chi connectivity index (χ1v) is 12.0. The van der Waals surface area contributed by atoms with Gasteiger partial charge in [-0.25, -0.2) is 0 Å². The van der Waals surface area contributed by atoms with E-state index in [4.69, 9.17) is 16.3 Å². The van der Waals surface area contributed by atoms with Gasteiger partial charge in [0.05, 0.1) is 12.1 Å². The van der Waals surface area contributed by atoms with Crippen LogP contribution in [0.25, 0.3) is 0 Å². The van der Waals surface area contributed by atoms with Crippen LogP contribution >= 0.6 is 11.6 Å². The number of likely N-dealkylation sites (N-methyl/N-ethyl adjacent to an activating group) is 1. The molecule has 1 N–H and O–H groups in total. The molecule has 1 aliphatic heterocycles. The molecule has 3 aromatic rings. The maximum Gasteiger partial charge on any atom is 0.137 e. The van der Waals surface area contributed by atoms with Crippen molar-refractivity contribution in [3.8, 4) is 5.75 Å². The van der Waals surface area contributed by atoms with E-state index in [0.29, 0.717) is 17.0 Å². The van der Waals surface area contributed by atoms with E-state index in [1.807, 2.05) is 0 Å². The molecule has 1 aliphatic carbocycles. The first-order chi connectivity index (χ1) is 15.7. The predicted octanol–water partition coefficient (Wildman–Crippen LogP) is 5.57. The molecular formula is C28H31ClN2O. The molecular weight excluding hydrogens is 416 g/mol. The number of hydrogen-bond acceptors (Lipinski definition) is 3. The van der Waals surface area contributed by atoms with E-state index < -0.39 is 0 Å². The molecule has 0 aromatic heterocycles. The number of hydrogen-bond donors (Lipinski definition) is 1. The van der Waals surface area contributed by atoms with Crippen molar-refractivity contribution in [3.05, 3.63) is 99.1 Å². The van der Waals surface area contributed by atoms with Gasteiger partial charge in [0, 0.05) is 31.6 Å². The number of ether oxygens (including phenoxy) is 1. The van der Waals surface area contributed by atoms with E-state index in [1.165, 1.54) is 39.8 Å². The van der Waals surface area contributed by atoms with Crippen molar-refractivity contribution >= 4 is 11.6 Å². The van der Waals surface area contributed by atoms with Crippen molar-refractivity contribution in [2.24, 2.45) is 0 Å². The van der Waals surface area contributed by atoms with Gasteiger partial charge >= 0.3 is 0 Å². The van der Waals surface area contributed by atoms with Crippen LogP contribution in [0.1, 0.15) is 45.7 Å². The molecule has 3 aromatic carbocycles. The summed E-state index contributed by atoms with van der Waals surface area (Å²) in [5.41, 5.74) is 8.47. The minimum atomic E-state index is 0.349. The van der Waals surface area contributed by atoms with E-state index in [1.54, 1.807) is 7.11 Å². The Morgan fingerprint density at radius 2 is 1.84 bits per heavy atom. The molecule has 32 heavy (non-hydrogen) atoms. The van der Waals surface area contributed by atoms with Gasteiger partial charge in [-0.2, -0.15) is 0 Å². The van der Waals surface area contributed by atoms with E-state index in [-0.39, 0.29) is 0 Å². The van der Waals surface area contributed by atoms with Gasteiger partial charge in [0.2, 0.25) is 0 Å². The van der Waals surface area contributed by atoms with Gasteiger partial charge in [-0.15, -0.1) is 0 Å². The van der Waals surface area contributed by atoms with Crippen molar-refractivity contribution in [2.45, 2.75) is 44.3 Å². The summed E-state index contributed by atoms with van der Waals surface area (Å²) in [6.07, 6.45) is 3.33. The second-order valence-electron chi connectivity index (χ2n) is 9.07. The maximum absolute atomic E-state index is 6.51. The zero-order chi connectivity index (χ0) is 22.1. The fraction of sp³-hybridized carbons (Fsp3) is 0.357. The van der Waals surface area contributed by atoms with Gasteiger partial charge in [-0.1, -0.05) is 60.1 Å². The summed E-state index contributed by atoms with van der Waals surface area (Å²) < 4.78 is 5.61. The standard InChI is InChI=1S/C28H31ClN2O/c1-31-14-13-20-15-25(29)27(32-2)16-24(20)28-23-10-6-9-21(22(23)11-12-26(28)31)18-30-17-19-7-4-3-5-8-19/h3-10,15-16,26,28,30H,11-14,17-18H2,1-2H3/t26-,28+/m0/s1. The molecule has 0 saturated heterocycles. The van der Waals surface area contributed by atoms with E-state index >= 15 is 0 Å². The van der Waals surface area contributed by atoms with Gasteiger partial charge in [-0.05, 0) is 71.8 Å². The van der Waals surface area contributed by atoms with Crippen molar-refractivity contribution in [1.82, 2.24) is 10.2 Å². The van der Waals surface area contributed by atoms with Gasteiger partial charge in [0.15, 0.2) is 0 Å². The molecule has 0 amide bonds. The van der Waals surface area contributed by atoms with Crippen molar-refractivity contribution < 1.29 is 4.74 Å². The summed E-state index contributed by atoms with van der Waals surface area (Å²) in [5, 5.41) is 4.37. The number of benzene rings is 3. The summed E-state index contributed by atoms with van der Waals surface area (Å²) in [4.78, 5) is 2.55. The number of halogens is 1. The Labute approximate surface area is 196 Å². The molecule has 2 aliphatic rings. The number of rotatable bonds is 5. The lowest BCUT2D eigenvalue weighted by Crippen LogP contribution is -2.40. The topological polar surface area (TPSA) is 24.5 Å². The minimum absolute atomic E-state index is 0.349. The van der Waals surface area contributed by atoms with Gasteiger partial charge in [0.25, 0.3) is 0 Å². The van der Waals surface area contributed by atoms with Crippen molar-refractivity contribution in [2.75, 3.05) is 20.7 Å². The Kier molecular flexibility index (Phi) is 6.23. The average molecular weight is 447 g/mol. The fourth-order valence-corrected chi connectivity index (χ4v) is 5.87. The van der Waals surface area contributed by atoms with Crippen molar-refractivity contribution in [3.63, 3.8) is 0 Å². The molecule has 2 atom stereocenters. The van der Waals surface area contributed by atoms with Gasteiger partial charge in [-0.3, -0.25) is 0 Å². The molecule has 5 rings (SSSR count). The molecule has 4 heteroatoms. The largest absolute Gasteiger partial charge is 0.495 e. The zero-order valence-electron chi connectivity index (χ0n) is 18.9. The second kappa shape index (κ2) is 9.27. The van der Waals surface area contributed by atoms with Crippen LogP contribution in [0.15, 0.2) is 60.7 Å². The highest BCUT2D eigenvalue weighted by atomic mass is 35.5. The minimum Gasteiger partial charge on any atom is -0.495 e. The second-order valence-corrected chi connectivity index (χ2v) is 9.48. The van der Waals surface area contributed by atoms with Crippen LogP contribution in [0.5, 0.6) is 5.75 Å². The lowest BCUT2D eigenvalue weighted by molar-refractivity contribution is 0.213. The third-order valence-corrected chi connectivity index (χ3v) is 7.55. The average Bonchev–Trinajstić information content (AvgIpc) is 2.96. The maximum atomic E-state index is 6.51. The number of nitrogens with zero attached hydrogens (tertiary/aromatic N) is 1. The fourth-order valence-electron chi connectivity index (χ4n) is 5.60. The smallest absolute Gasteiger partial charge is 0.137 e. The van der Waals surface area contributed by atoms with Crippen LogP contribution in [-0.4, -0.2) is 31.6 Å². The monoisotopic (exact) mass is 446 g/mol. The summed E-state index contributed by atoms with van der Waals surface area (Å²) in [7, 11) is 3.98. The van der Waals surface area contributed by atoms with Crippen LogP contribution in [0.2, 0.25) is 5.02 Å². The van der Waals surface area contributed by atoms with Crippen LogP contribution in [-0.2, 0) is 25.9 Å². The van der Waals surface area contributed by atoms with E-state index in [9.17, 15) is 0 Å². The Morgan fingerprint density at radius 1 is 1.00 bits per heavy atom. The van der Waals surface area contributed by atoms with Crippen molar-refractivity contribution in [1.29, 1.82) is 0 Å². The quantitative estimate of drug-likeness (QED) is 0.554. The molecule has 0 unspecified atom stereocenters. The molecule has 0 fully saturated rings. The Balaban J connectivity index is 1.50. The first kappa shape index (κ1) is 21.5. The molecule has 3 nitrogen and oxygen atoms in total. The number of fused-ring (bicyclic) bond motifs is 5.